The number of ketones is 1. The number of rotatable bonds is 7. The normalized spacial score (nSPS) is 10.8. The highest BCUT2D eigenvalue weighted by Crippen LogP contribution is 2.46. The van der Waals surface area contributed by atoms with Crippen molar-refractivity contribution in [3.8, 4) is 33.8 Å². The van der Waals surface area contributed by atoms with E-state index < -0.39 is 0 Å². The van der Waals surface area contributed by atoms with Crippen LogP contribution in [0.15, 0.2) is 89.8 Å². The molecule has 0 unspecified atom stereocenters. The number of aromatic hydroxyl groups is 1. The second kappa shape index (κ2) is 10.2. The highest BCUT2D eigenvalue weighted by molar-refractivity contribution is 7.99. The lowest BCUT2D eigenvalue weighted by atomic mass is 9.89. The second-order valence-electron chi connectivity index (χ2n) is 7.39. The highest BCUT2D eigenvalue weighted by atomic mass is 35.5. The maximum Gasteiger partial charge on any atom is 0.194 e. The van der Waals surface area contributed by atoms with Crippen LogP contribution in [0.2, 0.25) is 5.02 Å². The molecule has 0 amide bonds. The summed E-state index contributed by atoms with van der Waals surface area (Å²) in [6, 6.07) is 25.7. The Bertz CT molecular complexity index is 1270. The molecule has 0 aliphatic carbocycles. The van der Waals surface area contributed by atoms with Gasteiger partial charge in [0.1, 0.15) is 11.5 Å². The fourth-order valence-corrected chi connectivity index (χ4v) is 4.91. The minimum atomic E-state index is -0.0914. The maximum atomic E-state index is 13.9. The van der Waals surface area contributed by atoms with Gasteiger partial charge in [-0.05, 0) is 52.8 Å². The summed E-state index contributed by atoms with van der Waals surface area (Å²) < 4.78 is 5.29. The van der Waals surface area contributed by atoms with Crippen LogP contribution in [0.25, 0.3) is 22.3 Å². The summed E-state index contributed by atoms with van der Waals surface area (Å²) in [5.74, 6) is 1.49. The van der Waals surface area contributed by atoms with Crippen molar-refractivity contribution in [3.63, 3.8) is 0 Å². The molecule has 0 bridgehead atoms. The number of carbonyl (C=O) groups excluding carboxylic acids is 1. The molecule has 0 fully saturated rings. The van der Waals surface area contributed by atoms with Gasteiger partial charge in [-0.3, -0.25) is 4.79 Å². The Morgan fingerprint density at radius 2 is 1.58 bits per heavy atom. The van der Waals surface area contributed by atoms with E-state index in [9.17, 15) is 9.90 Å². The van der Waals surface area contributed by atoms with Crippen molar-refractivity contribution in [2.45, 2.75) is 11.8 Å². The third-order valence-corrected chi connectivity index (χ3v) is 6.58. The monoisotopic (exact) mass is 474 g/mol. The lowest BCUT2D eigenvalue weighted by molar-refractivity contribution is 0.103. The van der Waals surface area contributed by atoms with Crippen molar-refractivity contribution in [3.05, 3.63) is 101 Å². The van der Waals surface area contributed by atoms with Gasteiger partial charge < -0.3 is 9.84 Å². The van der Waals surface area contributed by atoms with Gasteiger partial charge in [-0.2, -0.15) is 0 Å². The van der Waals surface area contributed by atoms with Crippen LogP contribution in [0.4, 0.5) is 0 Å². The van der Waals surface area contributed by atoms with Crippen LogP contribution in [-0.2, 0) is 0 Å². The summed E-state index contributed by atoms with van der Waals surface area (Å²) in [6.07, 6.45) is 0. The molecule has 166 valence electrons. The third kappa shape index (κ3) is 4.77. The fourth-order valence-electron chi connectivity index (χ4n) is 3.79. The van der Waals surface area contributed by atoms with Crippen molar-refractivity contribution in [1.29, 1.82) is 0 Å². The SMILES string of the molecule is CCSc1c(C(=O)c2ccccc2)c(-c2ccc(Cl)cc2)cc(O)c1-c1ccc(OC)cc1. The van der Waals surface area contributed by atoms with E-state index in [2.05, 4.69) is 0 Å². The van der Waals surface area contributed by atoms with Gasteiger partial charge in [-0.1, -0.05) is 73.1 Å². The average Bonchev–Trinajstić information content (AvgIpc) is 2.85. The van der Waals surface area contributed by atoms with E-state index in [4.69, 9.17) is 16.3 Å². The lowest BCUT2D eigenvalue weighted by Gasteiger charge is -2.20. The number of phenols is 1. The van der Waals surface area contributed by atoms with Gasteiger partial charge in [-0.25, -0.2) is 0 Å². The first kappa shape index (κ1) is 23.0. The smallest absolute Gasteiger partial charge is 0.194 e. The number of hydrogen-bond donors (Lipinski definition) is 1. The average molecular weight is 475 g/mol. The Morgan fingerprint density at radius 1 is 0.939 bits per heavy atom. The zero-order chi connectivity index (χ0) is 23.4. The molecular weight excluding hydrogens is 452 g/mol. The quantitative estimate of drug-likeness (QED) is 0.220. The van der Waals surface area contributed by atoms with E-state index in [1.807, 2.05) is 73.7 Å². The fraction of sp³-hybridized carbons (Fsp3) is 0.107. The van der Waals surface area contributed by atoms with Crippen LogP contribution in [0.5, 0.6) is 11.5 Å². The number of thioether (sulfide) groups is 1. The Morgan fingerprint density at radius 3 is 2.18 bits per heavy atom. The van der Waals surface area contributed by atoms with Gasteiger partial charge in [0, 0.05) is 26.6 Å². The van der Waals surface area contributed by atoms with Gasteiger partial charge in [-0.15, -0.1) is 11.8 Å². The maximum absolute atomic E-state index is 13.9. The van der Waals surface area contributed by atoms with E-state index >= 15 is 0 Å². The molecule has 4 rings (SSSR count). The molecule has 0 spiro atoms. The summed E-state index contributed by atoms with van der Waals surface area (Å²) in [5, 5.41) is 11.8. The van der Waals surface area contributed by atoms with Gasteiger partial charge >= 0.3 is 0 Å². The van der Waals surface area contributed by atoms with E-state index in [-0.39, 0.29) is 11.5 Å². The first-order valence-corrected chi connectivity index (χ1v) is 11.9. The topological polar surface area (TPSA) is 46.5 Å². The molecule has 0 aliphatic heterocycles. The molecule has 1 N–H and O–H groups in total. The van der Waals surface area contributed by atoms with Gasteiger partial charge in [0.2, 0.25) is 0 Å². The van der Waals surface area contributed by atoms with Crippen molar-refractivity contribution in [2.75, 3.05) is 12.9 Å². The predicted molar refractivity (Wildman–Crippen MR) is 137 cm³/mol. The molecule has 0 atom stereocenters. The molecule has 3 nitrogen and oxygen atoms in total. The summed E-state index contributed by atoms with van der Waals surface area (Å²) in [6.45, 7) is 2.03. The summed E-state index contributed by atoms with van der Waals surface area (Å²) in [7, 11) is 1.61. The summed E-state index contributed by atoms with van der Waals surface area (Å²) in [4.78, 5) is 14.6. The second-order valence-corrected chi connectivity index (χ2v) is 9.10. The van der Waals surface area contributed by atoms with Gasteiger partial charge in [0.25, 0.3) is 0 Å². The molecule has 0 saturated heterocycles. The first-order chi connectivity index (χ1) is 16.0. The van der Waals surface area contributed by atoms with E-state index in [1.165, 1.54) is 0 Å². The minimum Gasteiger partial charge on any atom is -0.507 e. The van der Waals surface area contributed by atoms with Crippen LogP contribution >= 0.6 is 23.4 Å². The Kier molecular flexibility index (Phi) is 7.07. The molecular formula is C28H23ClO3S. The van der Waals surface area contributed by atoms with E-state index in [1.54, 1.807) is 37.1 Å². The molecule has 0 saturated carbocycles. The first-order valence-electron chi connectivity index (χ1n) is 10.6. The van der Waals surface area contributed by atoms with Crippen molar-refractivity contribution < 1.29 is 14.6 Å². The van der Waals surface area contributed by atoms with Crippen molar-refractivity contribution >= 4 is 29.1 Å². The van der Waals surface area contributed by atoms with E-state index in [0.717, 1.165) is 27.5 Å². The zero-order valence-electron chi connectivity index (χ0n) is 18.3. The van der Waals surface area contributed by atoms with Crippen LogP contribution in [0.3, 0.4) is 0 Å². The molecule has 33 heavy (non-hydrogen) atoms. The zero-order valence-corrected chi connectivity index (χ0v) is 19.9. The highest BCUT2D eigenvalue weighted by Gasteiger charge is 2.25. The van der Waals surface area contributed by atoms with Gasteiger partial charge in [0.05, 0.1) is 7.11 Å². The number of halogens is 1. The number of hydrogen-bond acceptors (Lipinski definition) is 4. The van der Waals surface area contributed by atoms with Crippen LogP contribution in [0.1, 0.15) is 22.8 Å². The molecule has 0 aliphatic rings. The summed E-state index contributed by atoms with van der Waals surface area (Å²) in [5.41, 5.74) is 4.10. The van der Waals surface area contributed by atoms with Gasteiger partial charge in [0.15, 0.2) is 5.78 Å². The molecule has 0 radical (unpaired) electrons. The number of benzene rings is 4. The summed E-state index contributed by atoms with van der Waals surface area (Å²) >= 11 is 7.65. The van der Waals surface area contributed by atoms with Crippen molar-refractivity contribution in [2.24, 2.45) is 0 Å². The minimum absolute atomic E-state index is 0.0914. The van der Waals surface area contributed by atoms with Crippen molar-refractivity contribution in [1.82, 2.24) is 0 Å². The molecule has 4 aromatic rings. The number of ether oxygens (including phenoxy) is 1. The largest absolute Gasteiger partial charge is 0.507 e. The molecule has 5 heteroatoms. The van der Waals surface area contributed by atoms with E-state index in [0.29, 0.717) is 27.3 Å². The predicted octanol–water partition coefficient (Wildman–Crippen LogP) is 7.73. The number of carbonyl (C=O) groups is 1. The van der Waals surface area contributed by atoms with Crippen LogP contribution in [-0.4, -0.2) is 23.8 Å². The lowest BCUT2D eigenvalue weighted by Crippen LogP contribution is -2.07. The molecule has 0 heterocycles. The third-order valence-electron chi connectivity index (χ3n) is 5.35. The van der Waals surface area contributed by atoms with Crippen LogP contribution in [0, 0.1) is 0 Å². The standard InChI is InChI=1S/C28H23ClO3S/c1-3-33-28-25(19-11-15-22(32-2)16-12-19)24(30)17-23(18-9-13-21(29)14-10-18)26(28)27(31)20-7-5-4-6-8-20/h4-17,30H,3H2,1-2H3. The molecule has 4 aromatic carbocycles. The van der Waals surface area contributed by atoms with Crippen LogP contribution < -0.4 is 4.74 Å². The Balaban J connectivity index is 2.03. The Hall–Kier alpha value is -3.21. The number of phenolic OH excluding ortho intramolecular Hbond substituents is 1. The molecule has 0 aromatic heterocycles. The Labute approximate surface area is 203 Å². The number of methoxy groups -OCH3 is 1.